The van der Waals surface area contributed by atoms with Crippen molar-refractivity contribution in [2.75, 3.05) is 7.11 Å². The van der Waals surface area contributed by atoms with Gasteiger partial charge < -0.3 is 15.2 Å². The topological polar surface area (TPSA) is 75.6 Å². The minimum absolute atomic E-state index is 0.189. The van der Waals surface area contributed by atoms with Gasteiger partial charge in [-0.2, -0.15) is 0 Å². The molecule has 0 saturated carbocycles. The number of aliphatic carboxylic acids is 1. The summed E-state index contributed by atoms with van der Waals surface area (Å²) in [6.45, 7) is 3.80. The van der Waals surface area contributed by atoms with Crippen molar-refractivity contribution in [2.45, 2.75) is 32.7 Å². The molecule has 0 heterocycles. The number of carbonyl (C=O) groups is 2. The second-order valence-electron chi connectivity index (χ2n) is 6.07. The lowest BCUT2D eigenvalue weighted by Gasteiger charge is -2.16. The molecule has 2 aromatic rings. The van der Waals surface area contributed by atoms with Gasteiger partial charge >= 0.3 is 5.97 Å². The second-order valence-corrected chi connectivity index (χ2v) is 6.07. The van der Waals surface area contributed by atoms with E-state index in [-0.39, 0.29) is 12.3 Å². The van der Waals surface area contributed by atoms with E-state index >= 15 is 0 Å². The van der Waals surface area contributed by atoms with Gasteiger partial charge in [0.1, 0.15) is 5.75 Å². The summed E-state index contributed by atoms with van der Waals surface area (Å²) in [5.41, 5.74) is 3.42. The Hall–Kier alpha value is -2.82. The molecule has 5 heteroatoms. The van der Waals surface area contributed by atoms with Crippen molar-refractivity contribution in [2.24, 2.45) is 0 Å². The zero-order valence-corrected chi connectivity index (χ0v) is 14.7. The number of rotatable bonds is 7. The highest BCUT2D eigenvalue weighted by molar-refractivity contribution is 5.84. The number of hydrogen-bond acceptors (Lipinski definition) is 3. The molecule has 1 unspecified atom stereocenters. The van der Waals surface area contributed by atoms with Crippen molar-refractivity contribution in [3.63, 3.8) is 0 Å². The normalized spacial score (nSPS) is 11.6. The van der Waals surface area contributed by atoms with Crippen LogP contribution in [0.3, 0.4) is 0 Å². The number of nitrogens with one attached hydrogen (secondary N) is 1. The van der Waals surface area contributed by atoms with Crippen molar-refractivity contribution in [1.82, 2.24) is 5.32 Å². The third-order valence-electron chi connectivity index (χ3n) is 3.94. The Bertz CT molecular complexity index is 750. The molecular weight excluding hydrogens is 318 g/mol. The molecule has 1 atom stereocenters. The van der Waals surface area contributed by atoms with E-state index in [1.54, 1.807) is 19.2 Å². The third kappa shape index (κ3) is 5.08. The zero-order chi connectivity index (χ0) is 18.4. The molecule has 0 spiro atoms. The zero-order valence-electron chi connectivity index (χ0n) is 14.7. The van der Waals surface area contributed by atoms with Gasteiger partial charge in [0.15, 0.2) is 6.04 Å². The Labute approximate surface area is 147 Å². The molecule has 0 bridgehead atoms. The molecule has 0 saturated heterocycles. The number of aryl methyl sites for hydroxylation is 3. The van der Waals surface area contributed by atoms with Crippen molar-refractivity contribution in [3.8, 4) is 5.75 Å². The van der Waals surface area contributed by atoms with E-state index in [0.29, 0.717) is 12.0 Å². The first-order valence-corrected chi connectivity index (χ1v) is 8.13. The van der Waals surface area contributed by atoms with Crippen LogP contribution in [0.5, 0.6) is 5.75 Å². The quantitative estimate of drug-likeness (QED) is 0.811. The van der Waals surface area contributed by atoms with Crippen LogP contribution in [-0.4, -0.2) is 24.1 Å². The Morgan fingerprint density at radius 2 is 1.76 bits per heavy atom. The molecule has 2 aromatic carbocycles. The van der Waals surface area contributed by atoms with Crippen LogP contribution >= 0.6 is 0 Å². The molecule has 0 aliphatic carbocycles. The molecule has 0 aliphatic heterocycles. The van der Waals surface area contributed by atoms with Crippen LogP contribution in [0.1, 0.15) is 34.7 Å². The monoisotopic (exact) mass is 341 g/mol. The summed E-state index contributed by atoms with van der Waals surface area (Å²) in [6.07, 6.45) is 0.671. The molecular formula is C20H23NO4. The van der Waals surface area contributed by atoms with E-state index in [1.165, 1.54) is 0 Å². The van der Waals surface area contributed by atoms with Crippen molar-refractivity contribution >= 4 is 11.9 Å². The molecule has 0 fully saturated rings. The Morgan fingerprint density at radius 3 is 2.36 bits per heavy atom. The smallest absolute Gasteiger partial charge is 0.330 e. The molecule has 132 valence electrons. The summed E-state index contributed by atoms with van der Waals surface area (Å²) in [4.78, 5) is 23.9. The van der Waals surface area contributed by atoms with E-state index in [1.807, 2.05) is 44.2 Å². The van der Waals surface area contributed by atoms with Gasteiger partial charge in [-0.25, -0.2) is 4.79 Å². The maximum atomic E-state index is 12.3. The fourth-order valence-corrected chi connectivity index (χ4v) is 2.86. The maximum Gasteiger partial charge on any atom is 0.330 e. The van der Waals surface area contributed by atoms with Gasteiger partial charge in [0.05, 0.1) is 7.11 Å². The molecule has 2 N–H and O–H groups in total. The summed E-state index contributed by atoms with van der Waals surface area (Å²) in [5, 5.41) is 12.1. The van der Waals surface area contributed by atoms with Crippen LogP contribution in [0, 0.1) is 13.8 Å². The first-order valence-electron chi connectivity index (χ1n) is 8.13. The minimum Gasteiger partial charge on any atom is -0.496 e. The Balaban J connectivity index is 2.07. The highest BCUT2D eigenvalue weighted by Crippen LogP contribution is 2.20. The number of para-hydroxylation sites is 1. The number of carboxylic acids is 1. The van der Waals surface area contributed by atoms with Gasteiger partial charge in [-0.3, -0.25) is 4.79 Å². The summed E-state index contributed by atoms with van der Waals surface area (Å²) in [7, 11) is 1.58. The predicted molar refractivity (Wildman–Crippen MR) is 95.8 cm³/mol. The number of carboxylic acid groups (broad SMARTS) is 1. The summed E-state index contributed by atoms with van der Waals surface area (Å²) < 4.78 is 5.27. The number of hydrogen-bond donors (Lipinski definition) is 2. The molecule has 2 rings (SSSR count). The standard InChI is InChI=1S/C20H23NO4/c1-13-10-14(2)12-16(11-13)19(20(23)24)21-18(22)9-8-15-6-4-5-7-17(15)25-3/h4-7,10-12,19H,8-9H2,1-3H3,(H,21,22)(H,23,24). The highest BCUT2D eigenvalue weighted by atomic mass is 16.5. The van der Waals surface area contributed by atoms with E-state index in [4.69, 9.17) is 4.74 Å². The van der Waals surface area contributed by atoms with Gasteiger partial charge in [-0.1, -0.05) is 47.5 Å². The number of methoxy groups -OCH3 is 1. The van der Waals surface area contributed by atoms with Crippen LogP contribution in [0.15, 0.2) is 42.5 Å². The summed E-state index contributed by atoms with van der Waals surface area (Å²) in [5.74, 6) is -0.660. The van der Waals surface area contributed by atoms with Gasteiger partial charge in [-0.15, -0.1) is 0 Å². The molecule has 1 amide bonds. The SMILES string of the molecule is COc1ccccc1CCC(=O)NC(C(=O)O)c1cc(C)cc(C)c1. The lowest BCUT2D eigenvalue weighted by atomic mass is 10.0. The highest BCUT2D eigenvalue weighted by Gasteiger charge is 2.22. The lowest BCUT2D eigenvalue weighted by molar-refractivity contribution is -0.142. The fraction of sp³-hybridized carbons (Fsp3) is 0.300. The largest absolute Gasteiger partial charge is 0.496 e. The Morgan fingerprint density at radius 1 is 1.12 bits per heavy atom. The molecule has 25 heavy (non-hydrogen) atoms. The van der Waals surface area contributed by atoms with Gasteiger partial charge in [0.2, 0.25) is 5.91 Å². The van der Waals surface area contributed by atoms with Gasteiger partial charge in [0, 0.05) is 6.42 Å². The number of amides is 1. The van der Waals surface area contributed by atoms with Gasteiger partial charge in [0.25, 0.3) is 0 Å². The average Bonchev–Trinajstić information content (AvgIpc) is 2.56. The molecule has 0 radical (unpaired) electrons. The number of carbonyl (C=O) groups excluding carboxylic acids is 1. The van der Waals surface area contributed by atoms with Crippen LogP contribution in [0.2, 0.25) is 0 Å². The molecule has 0 aromatic heterocycles. The van der Waals surface area contributed by atoms with Crippen LogP contribution in [-0.2, 0) is 16.0 Å². The van der Waals surface area contributed by atoms with E-state index < -0.39 is 12.0 Å². The average molecular weight is 341 g/mol. The predicted octanol–water partition coefficient (Wildman–Crippen LogP) is 3.19. The molecule has 0 aliphatic rings. The van der Waals surface area contributed by atoms with Crippen LogP contribution < -0.4 is 10.1 Å². The third-order valence-corrected chi connectivity index (χ3v) is 3.94. The first-order chi connectivity index (χ1) is 11.9. The van der Waals surface area contributed by atoms with Crippen molar-refractivity contribution in [1.29, 1.82) is 0 Å². The second kappa shape index (κ2) is 8.33. The van der Waals surface area contributed by atoms with Crippen molar-refractivity contribution in [3.05, 3.63) is 64.7 Å². The Kier molecular flexibility index (Phi) is 6.17. The lowest BCUT2D eigenvalue weighted by Crippen LogP contribution is -2.34. The number of ether oxygens (including phenoxy) is 1. The molecule has 5 nitrogen and oxygen atoms in total. The van der Waals surface area contributed by atoms with E-state index in [9.17, 15) is 14.7 Å². The summed E-state index contributed by atoms with van der Waals surface area (Å²) >= 11 is 0. The van der Waals surface area contributed by atoms with E-state index in [0.717, 1.165) is 22.4 Å². The maximum absolute atomic E-state index is 12.3. The number of benzene rings is 2. The van der Waals surface area contributed by atoms with Crippen LogP contribution in [0.4, 0.5) is 0 Å². The first kappa shape index (κ1) is 18.5. The fourth-order valence-electron chi connectivity index (χ4n) is 2.86. The van der Waals surface area contributed by atoms with E-state index in [2.05, 4.69) is 5.32 Å². The minimum atomic E-state index is -1.07. The summed E-state index contributed by atoms with van der Waals surface area (Å²) in [6, 6.07) is 12.0. The van der Waals surface area contributed by atoms with Crippen molar-refractivity contribution < 1.29 is 19.4 Å². The van der Waals surface area contributed by atoms with Gasteiger partial charge in [-0.05, 0) is 37.5 Å². The van der Waals surface area contributed by atoms with Crippen LogP contribution in [0.25, 0.3) is 0 Å².